The molecule has 0 unspecified atom stereocenters. The third-order valence-corrected chi connectivity index (χ3v) is 4.20. The first-order valence-corrected chi connectivity index (χ1v) is 8.48. The van der Waals surface area contributed by atoms with Gasteiger partial charge < -0.3 is 10.5 Å². The summed E-state index contributed by atoms with van der Waals surface area (Å²) in [5.74, 6) is 2.98. The fourth-order valence-electron chi connectivity index (χ4n) is 2.13. The van der Waals surface area contributed by atoms with Crippen LogP contribution in [0.25, 0.3) is 0 Å². The molecule has 112 valence electrons. The quantitative estimate of drug-likeness (QED) is 0.753. The van der Waals surface area contributed by atoms with Crippen LogP contribution in [0.15, 0.2) is 48.5 Å². The van der Waals surface area contributed by atoms with E-state index in [1.165, 1.54) is 16.7 Å². The van der Waals surface area contributed by atoms with Gasteiger partial charge in [0, 0.05) is 11.5 Å². The molecule has 3 heteroatoms. The van der Waals surface area contributed by atoms with Crippen LogP contribution in [0.2, 0.25) is 0 Å². The lowest BCUT2D eigenvalue weighted by atomic mass is 10.1. The average Bonchev–Trinajstić information content (AvgIpc) is 2.49. The van der Waals surface area contributed by atoms with Crippen molar-refractivity contribution >= 4 is 11.8 Å². The van der Waals surface area contributed by atoms with Crippen LogP contribution < -0.4 is 10.5 Å². The van der Waals surface area contributed by atoms with E-state index in [1.54, 1.807) is 0 Å². The number of hydrogen-bond donors (Lipinski definition) is 1. The summed E-state index contributed by atoms with van der Waals surface area (Å²) in [7, 11) is 0. The summed E-state index contributed by atoms with van der Waals surface area (Å²) < 4.78 is 5.75. The van der Waals surface area contributed by atoms with Gasteiger partial charge in [0.05, 0.1) is 6.61 Å². The van der Waals surface area contributed by atoms with Crippen LogP contribution in [0, 0.1) is 6.92 Å². The second-order valence-corrected chi connectivity index (χ2v) is 6.18. The summed E-state index contributed by atoms with van der Waals surface area (Å²) in [4.78, 5) is 0. The molecule has 2 aromatic rings. The van der Waals surface area contributed by atoms with Crippen molar-refractivity contribution in [3.63, 3.8) is 0 Å². The Balaban J connectivity index is 1.65. The van der Waals surface area contributed by atoms with E-state index in [-0.39, 0.29) is 0 Å². The molecule has 0 saturated carbocycles. The Morgan fingerprint density at radius 2 is 1.86 bits per heavy atom. The highest BCUT2D eigenvalue weighted by Gasteiger charge is 1.97. The third kappa shape index (κ3) is 5.82. The van der Waals surface area contributed by atoms with Crippen molar-refractivity contribution in [3.8, 4) is 5.75 Å². The minimum atomic E-state index is 0.690. The Hall–Kier alpha value is -1.45. The first-order valence-electron chi connectivity index (χ1n) is 7.33. The Morgan fingerprint density at radius 3 is 2.57 bits per heavy atom. The zero-order chi connectivity index (χ0) is 14.9. The number of aryl methyl sites for hydroxylation is 1. The predicted octanol–water partition coefficient (Wildman–Crippen LogP) is 3.81. The van der Waals surface area contributed by atoms with Gasteiger partial charge in [-0.2, -0.15) is 11.8 Å². The van der Waals surface area contributed by atoms with Crippen LogP contribution in [-0.4, -0.2) is 18.9 Å². The summed E-state index contributed by atoms with van der Waals surface area (Å²) in [5.41, 5.74) is 9.50. The van der Waals surface area contributed by atoms with Crippen LogP contribution in [0.3, 0.4) is 0 Å². The first kappa shape index (κ1) is 15.9. The molecule has 2 N–H and O–H groups in total. The Labute approximate surface area is 131 Å². The van der Waals surface area contributed by atoms with Gasteiger partial charge in [-0.05, 0) is 43.1 Å². The summed E-state index contributed by atoms with van der Waals surface area (Å²) in [6, 6.07) is 16.9. The van der Waals surface area contributed by atoms with E-state index in [2.05, 4.69) is 43.3 Å². The zero-order valence-corrected chi connectivity index (χ0v) is 13.4. The standard InChI is InChI=1S/C18H23NOS/c1-15-3-2-4-17(13-15)14-21-12-11-20-18-7-5-16(6-8-18)9-10-19/h2-8,13H,9-12,14,19H2,1H3. The van der Waals surface area contributed by atoms with Crippen LogP contribution >= 0.6 is 11.8 Å². The highest BCUT2D eigenvalue weighted by Crippen LogP contribution is 2.15. The summed E-state index contributed by atoms with van der Waals surface area (Å²) in [6.45, 7) is 3.56. The van der Waals surface area contributed by atoms with Gasteiger partial charge >= 0.3 is 0 Å². The maximum absolute atomic E-state index is 5.75. The van der Waals surface area contributed by atoms with E-state index >= 15 is 0 Å². The fourth-order valence-corrected chi connectivity index (χ4v) is 2.89. The number of thioether (sulfide) groups is 1. The third-order valence-electron chi connectivity index (χ3n) is 3.20. The van der Waals surface area contributed by atoms with Crippen LogP contribution in [0.1, 0.15) is 16.7 Å². The number of rotatable bonds is 8. The van der Waals surface area contributed by atoms with Crippen molar-refractivity contribution < 1.29 is 4.74 Å². The molecule has 2 rings (SSSR count). The minimum absolute atomic E-state index is 0.690. The lowest BCUT2D eigenvalue weighted by Gasteiger charge is -2.07. The monoisotopic (exact) mass is 301 g/mol. The molecule has 0 aliphatic rings. The van der Waals surface area contributed by atoms with Crippen molar-refractivity contribution in [3.05, 3.63) is 65.2 Å². The van der Waals surface area contributed by atoms with Gasteiger partial charge in [-0.1, -0.05) is 42.0 Å². The Bertz CT molecular complexity index is 539. The van der Waals surface area contributed by atoms with E-state index in [0.29, 0.717) is 6.54 Å². The van der Waals surface area contributed by atoms with E-state index in [1.807, 2.05) is 23.9 Å². The summed E-state index contributed by atoms with van der Waals surface area (Å²) in [6.07, 6.45) is 0.923. The van der Waals surface area contributed by atoms with E-state index < -0.39 is 0 Å². The molecule has 0 saturated heterocycles. The largest absolute Gasteiger partial charge is 0.493 e. The molecule has 0 fully saturated rings. The van der Waals surface area contributed by atoms with Gasteiger partial charge in [0.25, 0.3) is 0 Å². The Morgan fingerprint density at radius 1 is 1.05 bits per heavy atom. The van der Waals surface area contributed by atoms with Crippen molar-refractivity contribution in [2.24, 2.45) is 5.73 Å². The molecule has 0 amide bonds. The molecule has 0 heterocycles. The molecular weight excluding hydrogens is 278 g/mol. The molecule has 0 aliphatic carbocycles. The van der Waals surface area contributed by atoms with Crippen molar-refractivity contribution in [1.82, 2.24) is 0 Å². The smallest absolute Gasteiger partial charge is 0.119 e. The molecular formula is C18H23NOS. The molecule has 2 nitrogen and oxygen atoms in total. The normalized spacial score (nSPS) is 10.6. The van der Waals surface area contributed by atoms with Gasteiger partial charge in [-0.25, -0.2) is 0 Å². The van der Waals surface area contributed by atoms with Crippen molar-refractivity contribution in [2.75, 3.05) is 18.9 Å². The average molecular weight is 301 g/mol. The molecule has 21 heavy (non-hydrogen) atoms. The summed E-state index contributed by atoms with van der Waals surface area (Å²) >= 11 is 1.90. The fraction of sp³-hybridized carbons (Fsp3) is 0.333. The number of hydrogen-bond acceptors (Lipinski definition) is 3. The maximum Gasteiger partial charge on any atom is 0.119 e. The molecule has 0 spiro atoms. The van der Waals surface area contributed by atoms with E-state index in [0.717, 1.165) is 30.3 Å². The highest BCUT2D eigenvalue weighted by atomic mass is 32.2. The lowest BCUT2D eigenvalue weighted by molar-refractivity contribution is 0.344. The van der Waals surface area contributed by atoms with Gasteiger partial charge in [0.1, 0.15) is 5.75 Å². The molecule has 2 aromatic carbocycles. The number of ether oxygens (including phenoxy) is 1. The first-order chi connectivity index (χ1) is 10.3. The predicted molar refractivity (Wildman–Crippen MR) is 92.0 cm³/mol. The van der Waals surface area contributed by atoms with Crippen molar-refractivity contribution in [2.45, 2.75) is 19.1 Å². The van der Waals surface area contributed by atoms with Crippen molar-refractivity contribution in [1.29, 1.82) is 0 Å². The van der Waals surface area contributed by atoms with Gasteiger partial charge in [-0.15, -0.1) is 0 Å². The second kappa shape index (κ2) is 8.75. The van der Waals surface area contributed by atoms with Crippen LogP contribution in [0.5, 0.6) is 5.75 Å². The van der Waals surface area contributed by atoms with Crippen LogP contribution in [0.4, 0.5) is 0 Å². The molecule has 0 radical (unpaired) electrons. The Kier molecular flexibility index (Phi) is 6.64. The number of benzene rings is 2. The summed E-state index contributed by atoms with van der Waals surface area (Å²) in [5, 5.41) is 0. The van der Waals surface area contributed by atoms with Gasteiger partial charge in [0.15, 0.2) is 0 Å². The van der Waals surface area contributed by atoms with Gasteiger partial charge in [0.2, 0.25) is 0 Å². The maximum atomic E-state index is 5.75. The molecule has 0 bridgehead atoms. The second-order valence-electron chi connectivity index (χ2n) is 5.07. The lowest BCUT2D eigenvalue weighted by Crippen LogP contribution is -2.03. The van der Waals surface area contributed by atoms with E-state index in [9.17, 15) is 0 Å². The number of nitrogens with two attached hydrogens (primary N) is 1. The SMILES string of the molecule is Cc1cccc(CSCCOc2ccc(CCN)cc2)c1. The molecule has 0 aliphatic heterocycles. The molecule has 0 atom stereocenters. The topological polar surface area (TPSA) is 35.2 Å². The molecule has 0 aromatic heterocycles. The van der Waals surface area contributed by atoms with Crippen LogP contribution in [-0.2, 0) is 12.2 Å². The highest BCUT2D eigenvalue weighted by molar-refractivity contribution is 7.98. The van der Waals surface area contributed by atoms with E-state index in [4.69, 9.17) is 10.5 Å². The minimum Gasteiger partial charge on any atom is -0.493 e. The van der Waals surface area contributed by atoms with Gasteiger partial charge in [-0.3, -0.25) is 0 Å². The zero-order valence-electron chi connectivity index (χ0n) is 12.5.